The number of aliphatic hydroxyl groups is 1. The molecule has 0 bridgehead atoms. The van der Waals surface area contributed by atoms with Crippen molar-refractivity contribution in [1.82, 2.24) is 15.5 Å². The summed E-state index contributed by atoms with van der Waals surface area (Å²) in [5.74, 6) is 1.22. The summed E-state index contributed by atoms with van der Waals surface area (Å²) in [4.78, 5) is 16.2. The van der Waals surface area contributed by atoms with E-state index < -0.39 is 0 Å². The first kappa shape index (κ1) is 19.6. The topological polar surface area (TPSA) is 64.6 Å². The highest BCUT2D eigenvalue weighted by atomic mass is 32.1. The zero-order valence-corrected chi connectivity index (χ0v) is 16.6. The van der Waals surface area contributed by atoms with Crippen LogP contribution >= 0.6 is 11.3 Å². The maximum atomic E-state index is 12.4. The number of hydrogen-bond acceptors (Lipinski definition) is 4. The van der Waals surface area contributed by atoms with Gasteiger partial charge in [-0.2, -0.15) is 0 Å². The quantitative estimate of drug-likeness (QED) is 0.710. The molecular formula is C20H33N3O2S. The van der Waals surface area contributed by atoms with Gasteiger partial charge >= 0.3 is 6.03 Å². The van der Waals surface area contributed by atoms with Crippen LogP contribution in [0, 0.1) is 11.8 Å². The van der Waals surface area contributed by atoms with E-state index in [-0.39, 0.29) is 24.7 Å². The van der Waals surface area contributed by atoms with E-state index in [2.05, 4.69) is 40.0 Å². The van der Waals surface area contributed by atoms with Crippen LogP contribution in [0.5, 0.6) is 0 Å². The Labute approximate surface area is 161 Å². The van der Waals surface area contributed by atoms with Crippen LogP contribution in [0.2, 0.25) is 0 Å². The van der Waals surface area contributed by atoms with Crippen molar-refractivity contribution < 1.29 is 9.90 Å². The Balaban J connectivity index is 1.49. The first-order valence-electron chi connectivity index (χ1n) is 10.1. The van der Waals surface area contributed by atoms with E-state index in [0.29, 0.717) is 12.5 Å². The number of aliphatic hydroxyl groups excluding tert-OH is 1. The summed E-state index contributed by atoms with van der Waals surface area (Å²) in [6, 6.07) is 4.75. The molecule has 26 heavy (non-hydrogen) atoms. The molecule has 2 fully saturated rings. The minimum absolute atomic E-state index is 0.0515. The number of hydrogen-bond donors (Lipinski definition) is 3. The minimum atomic E-state index is -0.0515. The van der Waals surface area contributed by atoms with Gasteiger partial charge in [0.1, 0.15) is 0 Å². The van der Waals surface area contributed by atoms with Crippen molar-refractivity contribution in [3.63, 3.8) is 0 Å². The van der Waals surface area contributed by atoms with Crippen LogP contribution in [-0.4, -0.2) is 48.3 Å². The van der Waals surface area contributed by atoms with Crippen molar-refractivity contribution in [2.75, 3.05) is 26.2 Å². The third kappa shape index (κ3) is 5.44. The molecule has 2 amide bonds. The Bertz CT molecular complexity index is 535. The molecule has 1 aliphatic heterocycles. The van der Waals surface area contributed by atoms with Crippen molar-refractivity contribution in [2.45, 2.75) is 57.5 Å². The van der Waals surface area contributed by atoms with E-state index in [1.165, 1.54) is 17.7 Å². The molecule has 3 N–H and O–H groups in total. The summed E-state index contributed by atoms with van der Waals surface area (Å²) < 4.78 is 0. The Hall–Kier alpha value is -1.11. The second kappa shape index (κ2) is 9.72. The van der Waals surface area contributed by atoms with Gasteiger partial charge in [-0.1, -0.05) is 13.0 Å². The molecule has 0 aromatic carbocycles. The van der Waals surface area contributed by atoms with E-state index in [0.717, 1.165) is 44.7 Å². The van der Waals surface area contributed by atoms with Crippen LogP contribution in [0.15, 0.2) is 17.5 Å². The molecule has 6 heteroatoms. The van der Waals surface area contributed by atoms with Crippen molar-refractivity contribution in [3.05, 3.63) is 22.4 Å². The number of thiophene rings is 1. The number of rotatable bonds is 6. The number of carbonyl (C=O) groups is 1. The summed E-state index contributed by atoms with van der Waals surface area (Å²) in [7, 11) is 0. The third-order valence-corrected chi connectivity index (χ3v) is 7.00. The predicted molar refractivity (Wildman–Crippen MR) is 106 cm³/mol. The summed E-state index contributed by atoms with van der Waals surface area (Å²) in [5, 5.41) is 17.6. The van der Waals surface area contributed by atoms with Crippen LogP contribution in [0.1, 0.15) is 56.4 Å². The van der Waals surface area contributed by atoms with Crippen LogP contribution in [0.4, 0.5) is 4.79 Å². The lowest BCUT2D eigenvalue weighted by atomic mass is 9.87. The zero-order valence-electron chi connectivity index (χ0n) is 15.8. The molecule has 1 aromatic rings. The lowest BCUT2D eigenvalue weighted by Crippen LogP contribution is -2.47. The number of carbonyl (C=O) groups excluding carboxylic acids is 1. The van der Waals surface area contributed by atoms with E-state index in [9.17, 15) is 9.90 Å². The van der Waals surface area contributed by atoms with Crippen LogP contribution in [-0.2, 0) is 0 Å². The van der Waals surface area contributed by atoms with Crippen molar-refractivity contribution in [3.8, 4) is 0 Å². The first-order valence-corrected chi connectivity index (χ1v) is 11.0. The van der Waals surface area contributed by atoms with Gasteiger partial charge in [0.15, 0.2) is 0 Å². The Morgan fingerprint density at radius 1 is 1.27 bits per heavy atom. The lowest BCUT2D eigenvalue weighted by Gasteiger charge is -2.36. The van der Waals surface area contributed by atoms with Gasteiger partial charge < -0.3 is 15.7 Å². The van der Waals surface area contributed by atoms with Crippen molar-refractivity contribution >= 4 is 17.4 Å². The highest BCUT2D eigenvalue weighted by Crippen LogP contribution is 2.29. The van der Waals surface area contributed by atoms with Gasteiger partial charge in [0.05, 0.1) is 6.04 Å². The summed E-state index contributed by atoms with van der Waals surface area (Å²) in [6.07, 6.45) is 6.43. The van der Waals surface area contributed by atoms with Crippen LogP contribution in [0.3, 0.4) is 0 Å². The fourth-order valence-electron chi connectivity index (χ4n) is 4.15. The Morgan fingerprint density at radius 3 is 2.62 bits per heavy atom. The van der Waals surface area contributed by atoms with E-state index in [4.69, 9.17) is 0 Å². The van der Waals surface area contributed by atoms with Gasteiger partial charge in [0.2, 0.25) is 0 Å². The smallest absolute Gasteiger partial charge is 0.315 e. The monoisotopic (exact) mass is 379 g/mol. The largest absolute Gasteiger partial charge is 0.396 e. The lowest BCUT2D eigenvalue weighted by molar-refractivity contribution is 0.137. The Kier molecular flexibility index (Phi) is 7.34. The average Bonchev–Trinajstić information content (AvgIpc) is 3.18. The van der Waals surface area contributed by atoms with Gasteiger partial charge in [-0.3, -0.25) is 4.90 Å². The number of likely N-dealkylation sites (tertiary alicyclic amines) is 1. The van der Waals surface area contributed by atoms with E-state index in [1.54, 1.807) is 11.3 Å². The third-order valence-electron chi connectivity index (χ3n) is 6.03. The van der Waals surface area contributed by atoms with Gasteiger partial charge in [0, 0.05) is 24.1 Å². The summed E-state index contributed by atoms with van der Waals surface area (Å²) >= 11 is 1.78. The number of piperidine rings is 1. The molecule has 1 unspecified atom stereocenters. The molecule has 0 radical (unpaired) electrons. The molecule has 146 valence electrons. The van der Waals surface area contributed by atoms with Gasteiger partial charge in [-0.05, 0) is 74.9 Å². The maximum absolute atomic E-state index is 12.4. The second-order valence-corrected chi connectivity index (χ2v) is 8.98. The fraction of sp³-hybridized carbons (Fsp3) is 0.750. The van der Waals surface area contributed by atoms with E-state index in [1.807, 2.05) is 0 Å². The molecule has 1 aliphatic carbocycles. The van der Waals surface area contributed by atoms with Gasteiger partial charge in [-0.15, -0.1) is 11.3 Å². The normalized spacial score (nSPS) is 26.4. The SMILES string of the molecule is CC1CCN(C(CNC(=O)NC2CCC(CO)CC2)c2cccs2)CC1. The number of urea groups is 1. The van der Waals surface area contributed by atoms with Gasteiger partial charge in [0.25, 0.3) is 0 Å². The molecule has 2 aliphatic rings. The van der Waals surface area contributed by atoms with E-state index >= 15 is 0 Å². The number of amides is 2. The number of nitrogens with one attached hydrogen (secondary N) is 2. The van der Waals surface area contributed by atoms with Crippen molar-refractivity contribution in [2.24, 2.45) is 11.8 Å². The standard InChI is InChI=1S/C20H33N3O2S/c1-15-8-10-23(11-9-15)18(19-3-2-12-26-19)13-21-20(25)22-17-6-4-16(14-24)5-7-17/h2-3,12,15-18,24H,4-11,13-14H2,1H3,(H2,21,22,25). The molecule has 5 nitrogen and oxygen atoms in total. The highest BCUT2D eigenvalue weighted by molar-refractivity contribution is 7.10. The summed E-state index contributed by atoms with van der Waals surface area (Å²) in [5.41, 5.74) is 0. The maximum Gasteiger partial charge on any atom is 0.315 e. The first-order chi connectivity index (χ1) is 12.7. The molecule has 1 atom stereocenters. The fourth-order valence-corrected chi connectivity index (χ4v) is 5.01. The van der Waals surface area contributed by atoms with Crippen LogP contribution < -0.4 is 10.6 Å². The molecular weight excluding hydrogens is 346 g/mol. The summed E-state index contributed by atoms with van der Waals surface area (Å²) in [6.45, 7) is 5.48. The second-order valence-electron chi connectivity index (χ2n) is 8.00. The van der Waals surface area contributed by atoms with Gasteiger partial charge in [-0.25, -0.2) is 4.79 Å². The zero-order chi connectivity index (χ0) is 18.4. The van der Waals surface area contributed by atoms with Crippen LogP contribution in [0.25, 0.3) is 0 Å². The molecule has 1 aromatic heterocycles. The Morgan fingerprint density at radius 2 is 2.00 bits per heavy atom. The minimum Gasteiger partial charge on any atom is -0.396 e. The molecule has 1 saturated heterocycles. The molecule has 2 heterocycles. The number of nitrogens with zero attached hydrogens (tertiary/aromatic N) is 1. The highest BCUT2D eigenvalue weighted by Gasteiger charge is 2.26. The molecule has 0 spiro atoms. The molecule has 1 saturated carbocycles. The predicted octanol–water partition coefficient (Wildman–Crippen LogP) is 3.37. The average molecular weight is 380 g/mol. The van der Waals surface area contributed by atoms with Crippen molar-refractivity contribution in [1.29, 1.82) is 0 Å². The molecule has 3 rings (SSSR count).